The third kappa shape index (κ3) is 7.65. The number of amides is 2. The van der Waals surface area contributed by atoms with Gasteiger partial charge in [-0.05, 0) is 56.5 Å². The summed E-state index contributed by atoms with van der Waals surface area (Å²) in [5.74, 6) is 2.69. The summed E-state index contributed by atoms with van der Waals surface area (Å²) < 4.78 is 7.32. The number of carbonyl (C=O) groups is 2. The molecule has 1 atom stereocenters. The van der Waals surface area contributed by atoms with Crippen LogP contribution < -0.4 is 4.74 Å². The average molecular weight is 598 g/mol. The first kappa shape index (κ1) is 30.4. The number of carbonyl (C=O) groups excluding carboxylic acids is 2. The van der Waals surface area contributed by atoms with Crippen molar-refractivity contribution >= 4 is 23.6 Å². The number of hydrogen-bond donors (Lipinski definition) is 0. The molecule has 1 aliphatic rings. The molecule has 0 spiro atoms. The van der Waals surface area contributed by atoms with E-state index < -0.39 is 0 Å². The minimum absolute atomic E-state index is 0.00838. The summed E-state index contributed by atoms with van der Waals surface area (Å²) in [5, 5.41) is 9.90. The maximum absolute atomic E-state index is 13.0. The van der Waals surface area contributed by atoms with Crippen LogP contribution in [-0.4, -0.2) is 74.9 Å². The molecule has 43 heavy (non-hydrogen) atoms. The van der Waals surface area contributed by atoms with Crippen molar-refractivity contribution in [1.82, 2.24) is 24.6 Å². The Labute approximate surface area is 258 Å². The fourth-order valence-electron chi connectivity index (χ4n) is 5.34. The fraction of sp³-hybridized carbons (Fsp3) is 0.353. The molecule has 1 fully saturated rings. The van der Waals surface area contributed by atoms with E-state index in [2.05, 4.69) is 46.0 Å². The van der Waals surface area contributed by atoms with E-state index in [1.54, 1.807) is 18.9 Å². The van der Waals surface area contributed by atoms with E-state index >= 15 is 0 Å². The van der Waals surface area contributed by atoms with E-state index in [4.69, 9.17) is 4.74 Å². The molecule has 0 saturated carbocycles. The van der Waals surface area contributed by atoms with Crippen LogP contribution >= 0.6 is 11.8 Å². The average Bonchev–Trinajstić information content (AvgIpc) is 3.45. The van der Waals surface area contributed by atoms with Crippen LogP contribution in [0.15, 0.2) is 84.0 Å². The van der Waals surface area contributed by atoms with Gasteiger partial charge in [0.05, 0.1) is 13.5 Å². The lowest BCUT2D eigenvalue weighted by Gasteiger charge is -2.40. The van der Waals surface area contributed by atoms with Gasteiger partial charge >= 0.3 is 0 Å². The first-order valence-corrected chi connectivity index (χ1v) is 15.8. The molecule has 1 saturated heterocycles. The molecule has 5 rings (SSSR count). The standard InChI is InChI=1S/C34H39N5O3S/c1-25-12-16-29(17-13-25)39-33(28-9-5-4-6-10-28)35-36-34(39)43-22-8-7-11-31(40)37-20-21-38(26(2)24-37)32(41)23-27-14-18-30(42-3)19-15-27/h4-6,9-10,12-19,26H,7-8,11,20-24H2,1-3H3. The van der Waals surface area contributed by atoms with Gasteiger partial charge in [0.15, 0.2) is 11.0 Å². The van der Waals surface area contributed by atoms with Crippen LogP contribution in [0.5, 0.6) is 5.75 Å². The van der Waals surface area contributed by atoms with Crippen molar-refractivity contribution in [2.45, 2.75) is 50.7 Å². The van der Waals surface area contributed by atoms with E-state index in [-0.39, 0.29) is 17.9 Å². The van der Waals surface area contributed by atoms with Gasteiger partial charge in [0, 0.05) is 49.1 Å². The van der Waals surface area contributed by atoms with E-state index in [1.165, 1.54) is 5.56 Å². The summed E-state index contributed by atoms with van der Waals surface area (Å²) in [4.78, 5) is 29.8. The fourth-order valence-corrected chi connectivity index (χ4v) is 6.29. The second kappa shape index (κ2) is 14.4. The highest BCUT2D eigenvalue weighted by molar-refractivity contribution is 7.99. The molecule has 8 nitrogen and oxygen atoms in total. The summed E-state index contributed by atoms with van der Waals surface area (Å²) in [7, 11) is 1.63. The molecule has 0 aliphatic carbocycles. The van der Waals surface area contributed by atoms with Crippen LogP contribution in [0, 0.1) is 6.92 Å². The lowest BCUT2D eigenvalue weighted by Crippen LogP contribution is -2.55. The Balaban J connectivity index is 1.10. The van der Waals surface area contributed by atoms with Crippen molar-refractivity contribution in [3.63, 3.8) is 0 Å². The largest absolute Gasteiger partial charge is 0.497 e. The maximum atomic E-state index is 13.0. The van der Waals surface area contributed by atoms with Crippen LogP contribution in [0.25, 0.3) is 17.1 Å². The summed E-state index contributed by atoms with van der Waals surface area (Å²) in [5.41, 5.74) is 4.21. The second-order valence-electron chi connectivity index (χ2n) is 10.9. The van der Waals surface area contributed by atoms with Crippen molar-refractivity contribution < 1.29 is 14.3 Å². The molecular weight excluding hydrogens is 558 g/mol. The number of benzene rings is 3. The Morgan fingerprint density at radius 3 is 2.35 bits per heavy atom. The van der Waals surface area contributed by atoms with Crippen molar-refractivity contribution in [3.05, 3.63) is 90.0 Å². The number of aryl methyl sites for hydroxylation is 1. The lowest BCUT2D eigenvalue weighted by atomic mass is 10.1. The smallest absolute Gasteiger partial charge is 0.227 e. The number of rotatable bonds is 11. The number of aromatic nitrogens is 3. The molecular formula is C34H39N5O3S. The number of nitrogens with zero attached hydrogens (tertiary/aromatic N) is 5. The predicted molar refractivity (Wildman–Crippen MR) is 171 cm³/mol. The molecule has 224 valence electrons. The highest BCUT2D eigenvalue weighted by Gasteiger charge is 2.29. The summed E-state index contributed by atoms with van der Waals surface area (Å²) >= 11 is 1.67. The first-order valence-electron chi connectivity index (χ1n) is 14.8. The van der Waals surface area contributed by atoms with Crippen molar-refractivity contribution in [1.29, 1.82) is 0 Å². The van der Waals surface area contributed by atoms with Gasteiger partial charge in [-0.1, -0.05) is 71.9 Å². The van der Waals surface area contributed by atoms with Gasteiger partial charge in [0.2, 0.25) is 11.8 Å². The molecule has 2 amide bonds. The zero-order valence-electron chi connectivity index (χ0n) is 25.1. The molecule has 1 aliphatic heterocycles. The van der Waals surface area contributed by atoms with Gasteiger partial charge in [-0.15, -0.1) is 10.2 Å². The van der Waals surface area contributed by atoms with Crippen molar-refractivity contribution in [3.8, 4) is 22.8 Å². The van der Waals surface area contributed by atoms with E-state index in [9.17, 15) is 9.59 Å². The van der Waals surface area contributed by atoms with Crippen molar-refractivity contribution in [2.75, 3.05) is 32.5 Å². The SMILES string of the molecule is COc1ccc(CC(=O)N2CCN(C(=O)CCCCSc3nnc(-c4ccccc4)n3-c3ccc(C)cc3)CC2C)cc1. The summed E-state index contributed by atoms with van der Waals surface area (Å²) in [6.07, 6.45) is 2.56. The minimum atomic E-state index is -0.00838. The quantitative estimate of drug-likeness (QED) is 0.160. The van der Waals surface area contributed by atoms with Crippen LogP contribution in [0.1, 0.15) is 37.3 Å². The zero-order valence-corrected chi connectivity index (χ0v) is 25.9. The Bertz CT molecular complexity index is 1510. The number of hydrogen-bond acceptors (Lipinski definition) is 6. The second-order valence-corrected chi connectivity index (χ2v) is 12.0. The van der Waals surface area contributed by atoms with E-state index in [0.717, 1.165) is 52.1 Å². The Morgan fingerprint density at radius 2 is 1.65 bits per heavy atom. The molecule has 1 aromatic heterocycles. The number of methoxy groups -OCH3 is 1. The monoisotopic (exact) mass is 597 g/mol. The first-order chi connectivity index (χ1) is 20.9. The number of thioether (sulfide) groups is 1. The highest BCUT2D eigenvalue weighted by Crippen LogP contribution is 2.29. The third-order valence-corrected chi connectivity index (χ3v) is 8.80. The van der Waals surface area contributed by atoms with Crippen LogP contribution in [0.2, 0.25) is 0 Å². The van der Waals surface area contributed by atoms with Gasteiger partial charge in [-0.2, -0.15) is 0 Å². The molecule has 4 aromatic rings. The van der Waals surface area contributed by atoms with Gasteiger partial charge in [-0.3, -0.25) is 14.2 Å². The normalized spacial score (nSPS) is 15.0. The number of ether oxygens (including phenoxy) is 1. The molecule has 0 bridgehead atoms. The molecule has 1 unspecified atom stereocenters. The Kier molecular flexibility index (Phi) is 10.1. The molecule has 0 N–H and O–H groups in total. The maximum Gasteiger partial charge on any atom is 0.227 e. The van der Waals surface area contributed by atoms with E-state index in [1.807, 2.05) is 71.3 Å². The number of unbranched alkanes of at least 4 members (excludes halogenated alkanes) is 1. The zero-order chi connectivity index (χ0) is 30.2. The summed E-state index contributed by atoms with van der Waals surface area (Å²) in [6.45, 7) is 5.82. The highest BCUT2D eigenvalue weighted by atomic mass is 32.2. The predicted octanol–water partition coefficient (Wildman–Crippen LogP) is 5.82. The van der Waals surface area contributed by atoms with Crippen molar-refractivity contribution in [2.24, 2.45) is 0 Å². The summed E-state index contributed by atoms with van der Waals surface area (Å²) in [6, 6.07) is 26.1. The van der Waals surface area contributed by atoms with Gasteiger partial charge in [0.1, 0.15) is 5.75 Å². The Morgan fingerprint density at radius 1 is 0.907 bits per heavy atom. The topological polar surface area (TPSA) is 80.6 Å². The Hall–Kier alpha value is -4.11. The molecule has 9 heteroatoms. The van der Waals surface area contributed by atoms with Crippen LogP contribution in [-0.2, 0) is 16.0 Å². The molecule has 2 heterocycles. The van der Waals surface area contributed by atoms with Gasteiger partial charge in [-0.25, -0.2) is 0 Å². The van der Waals surface area contributed by atoms with E-state index in [0.29, 0.717) is 32.5 Å². The van der Waals surface area contributed by atoms with Gasteiger partial charge < -0.3 is 14.5 Å². The molecule has 3 aromatic carbocycles. The minimum Gasteiger partial charge on any atom is -0.497 e. The van der Waals surface area contributed by atoms with Crippen LogP contribution in [0.4, 0.5) is 0 Å². The number of piperazine rings is 1. The molecule has 0 radical (unpaired) electrons. The van der Waals surface area contributed by atoms with Gasteiger partial charge in [0.25, 0.3) is 0 Å². The third-order valence-electron chi connectivity index (χ3n) is 7.79. The van der Waals surface area contributed by atoms with Crippen LogP contribution in [0.3, 0.4) is 0 Å². The lowest BCUT2D eigenvalue weighted by molar-refractivity contribution is -0.142.